The first kappa shape index (κ1) is 57.0. The van der Waals surface area contributed by atoms with Crippen molar-refractivity contribution in [2.24, 2.45) is 21.9 Å². The van der Waals surface area contributed by atoms with E-state index in [-0.39, 0.29) is 37.6 Å². The Kier molecular flexibility index (Phi) is 20.6. The Morgan fingerprint density at radius 3 is 1.47 bits per heavy atom. The Morgan fingerprint density at radius 2 is 1.10 bits per heavy atom. The van der Waals surface area contributed by atoms with E-state index in [0.29, 0.717) is 44.6 Å². The minimum atomic E-state index is -5.95. The minimum Gasteiger partial charge on any atom is -0.437 e. The second-order valence-electron chi connectivity index (χ2n) is 14.5. The van der Waals surface area contributed by atoms with E-state index in [1.165, 1.54) is 0 Å². The van der Waals surface area contributed by atoms with Gasteiger partial charge in [-0.15, -0.1) is 41.0 Å². The molecule has 5 aromatic rings. The van der Waals surface area contributed by atoms with Gasteiger partial charge in [-0.2, -0.15) is 82.8 Å². The summed E-state index contributed by atoms with van der Waals surface area (Å²) < 4.78 is 127. The second-order valence-corrected chi connectivity index (χ2v) is 14.5. The first-order valence-electron chi connectivity index (χ1n) is 19.6. The van der Waals surface area contributed by atoms with E-state index in [1.807, 2.05) is 52.0 Å². The van der Waals surface area contributed by atoms with Gasteiger partial charge < -0.3 is 16.4 Å². The molecule has 358 valence electrons. The molecule has 1 aromatic heterocycles. The Balaban J connectivity index is 0.000000452. The number of halogens is 9. The number of rotatable bonds is 11. The van der Waals surface area contributed by atoms with Gasteiger partial charge in [0.25, 0.3) is 0 Å². The van der Waals surface area contributed by atoms with Crippen molar-refractivity contribution < 1.29 is 64.4 Å². The summed E-state index contributed by atoms with van der Waals surface area (Å²) in [6, 6.07) is 19.5. The maximum atomic E-state index is 13.6. The van der Waals surface area contributed by atoms with Crippen LogP contribution in [-0.4, -0.2) is 21.6 Å². The number of nitrogens with two attached hydrogens (primary N) is 2. The van der Waals surface area contributed by atoms with Crippen LogP contribution >= 0.6 is 0 Å². The molecule has 1 heterocycles. The van der Waals surface area contributed by atoms with Gasteiger partial charge in [-0.05, 0) is 73.5 Å². The van der Waals surface area contributed by atoms with Crippen LogP contribution < -0.4 is 16.4 Å². The molecule has 0 fully saturated rings. The number of hydrogen-bond donors (Lipinski definition) is 2. The molecule has 7 nitrogen and oxygen atoms in total. The maximum Gasteiger partial charge on any atom is 3.00 e. The number of aromatic nitrogens is 2. The summed E-state index contributed by atoms with van der Waals surface area (Å²) in [6.45, 7) is 29.8. The molecule has 5 rings (SSSR count). The summed E-state index contributed by atoms with van der Waals surface area (Å²) in [7, 11) is 0. The molecule has 0 amide bonds. The molecule has 4 N–H and O–H groups in total. The molecule has 0 aliphatic carbocycles. The van der Waals surface area contributed by atoms with Crippen molar-refractivity contribution in [1.82, 2.24) is 10.2 Å². The normalized spacial score (nSPS) is 13.1. The van der Waals surface area contributed by atoms with Crippen LogP contribution in [0.5, 0.6) is 11.6 Å². The molecule has 0 saturated carbocycles. The number of nitrogens with zero attached hydrogens (tertiary/aromatic N) is 4. The van der Waals surface area contributed by atoms with Gasteiger partial charge in [0.15, 0.2) is 0 Å². The zero-order chi connectivity index (χ0) is 50.4. The summed E-state index contributed by atoms with van der Waals surface area (Å²) in [5.41, 5.74) is -0.578. The SMILES string of the molecule is C=C/C=C(C)/C=C(C)/C(=N\N)C(=C)[CH2-].C=C/C=C(C)/C=C(C)/C(=N\N)C(=C)[CH2-].FC(F)(F)c1cc(Oc2nnc(-c3[c-]cccc3)c3cc4ccccc4cc23)cc(C(F)(F)F)c1C(F)(F)F.[Ir+3]. The molecule has 0 radical (unpaired) electrons. The first-order chi connectivity index (χ1) is 31.3. The van der Waals surface area contributed by atoms with Crippen LogP contribution in [0, 0.1) is 19.9 Å². The van der Waals surface area contributed by atoms with Gasteiger partial charge in [-0.25, -0.2) is 10.2 Å². The fourth-order valence-electron chi connectivity index (χ4n) is 6.40. The smallest absolute Gasteiger partial charge is 0.437 e. The number of alkyl halides is 9. The Morgan fingerprint density at radius 1 is 0.662 bits per heavy atom. The average Bonchev–Trinajstić information content (AvgIpc) is 3.23. The topological polar surface area (TPSA) is 112 Å². The number of hydrogen-bond acceptors (Lipinski definition) is 7. The van der Waals surface area contributed by atoms with E-state index in [2.05, 4.69) is 66.6 Å². The second kappa shape index (κ2) is 24.6. The largest absolute Gasteiger partial charge is 3.00 e. The number of ether oxygens (including phenoxy) is 1. The van der Waals surface area contributed by atoms with Gasteiger partial charge in [0.1, 0.15) is 5.75 Å². The van der Waals surface area contributed by atoms with Crippen LogP contribution in [0.15, 0.2) is 179 Å². The quantitative estimate of drug-likeness (QED) is 0.0260. The van der Waals surface area contributed by atoms with Gasteiger partial charge >= 0.3 is 38.6 Å². The molecule has 0 bridgehead atoms. The van der Waals surface area contributed by atoms with Crippen molar-refractivity contribution in [3.8, 4) is 22.9 Å². The van der Waals surface area contributed by atoms with Crippen molar-refractivity contribution >= 4 is 33.0 Å². The molecule has 4 aromatic carbocycles. The summed E-state index contributed by atoms with van der Waals surface area (Å²) in [5.74, 6) is 8.81. The minimum absolute atomic E-state index is 0. The zero-order valence-electron chi connectivity index (χ0n) is 37.2. The third-order valence-electron chi connectivity index (χ3n) is 9.12. The average molecular weight is 1120 g/mol. The fraction of sp³-hybridized carbons (Fsp3) is 0.137. The van der Waals surface area contributed by atoms with Crippen molar-refractivity contribution in [2.75, 3.05) is 0 Å². The molecular weight excluding hydrogens is 1080 g/mol. The maximum absolute atomic E-state index is 13.6. The van der Waals surface area contributed by atoms with Crippen molar-refractivity contribution in [1.29, 1.82) is 0 Å². The molecule has 0 aliphatic rings. The monoisotopic (exact) mass is 1120 g/mol. The first-order valence-corrected chi connectivity index (χ1v) is 19.6. The van der Waals surface area contributed by atoms with E-state index in [0.717, 1.165) is 27.7 Å². The molecule has 68 heavy (non-hydrogen) atoms. The van der Waals surface area contributed by atoms with Crippen molar-refractivity contribution in [2.45, 2.75) is 46.2 Å². The Labute approximate surface area is 402 Å². The summed E-state index contributed by atoms with van der Waals surface area (Å²) >= 11 is 0. The predicted molar refractivity (Wildman–Crippen MR) is 250 cm³/mol. The van der Waals surface area contributed by atoms with Crippen LogP contribution in [0.25, 0.3) is 32.8 Å². The van der Waals surface area contributed by atoms with E-state index < -0.39 is 46.8 Å². The van der Waals surface area contributed by atoms with Gasteiger partial charge in [-0.3, -0.25) is 0 Å². The zero-order valence-corrected chi connectivity index (χ0v) is 39.6. The van der Waals surface area contributed by atoms with Gasteiger partial charge in [-0.1, -0.05) is 102 Å². The third-order valence-corrected chi connectivity index (χ3v) is 9.12. The summed E-state index contributed by atoms with van der Waals surface area (Å²) in [5, 5.41) is 17.1. The Bertz CT molecular complexity index is 2730. The van der Waals surface area contributed by atoms with Crippen LogP contribution in [-0.2, 0) is 38.6 Å². The third kappa shape index (κ3) is 15.5. The van der Waals surface area contributed by atoms with Gasteiger partial charge in [0, 0.05) is 11.1 Å². The number of fused-ring (bicyclic) bond motifs is 2. The van der Waals surface area contributed by atoms with Crippen molar-refractivity contribution in [3.05, 3.63) is 206 Å². The molecular formula is C51H46F9IrN6O. The fourth-order valence-corrected chi connectivity index (χ4v) is 6.40. The van der Waals surface area contributed by atoms with Crippen LogP contribution in [0.4, 0.5) is 39.5 Å². The molecule has 17 heteroatoms. The van der Waals surface area contributed by atoms with E-state index >= 15 is 0 Å². The van der Waals surface area contributed by atoms with Crippen LogP contribution in [0.3, 0.4) is 0 Å². The van der Waals surface area contributed by atoms with Crippen molar-refractivity contribution in [3.63, 3.8) is 0 Å². The van der Waals surface area contributed by atoms with E-state index in [9.17, 15) is 39.5 Å². The standard InChI is InChI=1S/C27H12F9N2O.2C12H17N2.Ir/c28-25(29,30)20-12-17(13-21(26(31,32)33)22(20)27(34,35)36)39-24-19-11-16-9-5-4-8-15(16)10-18(19)23(37-38-24)14-6-2-1-3-7-14;2*1-6-7-10(4)8-11(5)12(14-13)9(2)3;/h1-6,8-13H;2*6-8H,1-3,13H2,4-5H3;/q3*-1;+3/b;2*10-7+,11-8+,14-12-;. The van der Waals surface area contributed by atoms with Crippen LogP contribution in [0.2, 0.25) is 0 Å². The van der Waals surface area contributed by atoms with Crippen LogP contribution in [0.1, 0.15) is 44.4 Å². The molecule has 0 unspecified atom stereocenters. The molecule has 0 atom stereocenters. The van der Waals surface area contributed by atoms with E-state index in [1.54, 1.807) is 72.8 Å². The molecule has 0 saturated heterocycles. The summed E-state index contributed by atoms with van der Waals surface area (Å²) in [4.78, 5) is 0. The van der Waals surface area contributed by atoms with Gasteiger partial charge in [0.05, 0.1) is 16.7 Å². The number of allylic oxidation sites excluding steroid dienone is 12. The van der Waals surface area contributed by atoms with Gasteiger partial charge in [0.2, 0.25) is 5.88 Å². The summed E-state index contributed by atoms with van der Waals surface area (Å²) in [6.07, 6.45) is -6.30. The molecule has 0 spiro atoms. The van der Waals surface area contributed by atoms with E-state index in [4.69, 9.17) is 16.4 Å². The Hall–Kier alpha value is -7.10. The predicted octanol–water partition coefficient (Wildman–Crippen LogP) is 14.6. The number of benzene rings is 4. The molecule has 0 aliphatic heterocycles. The number of hydrazone groups is 2.